The lowest BCUT2D eigenvalue weighted by molar-refractivity contribution is 0.229. The van der Waals surface area contributed by atoms with Crippen LogP contribution >= 0.6 is 0 Å². The van der Waals surface area contributed by atoms with Gasteiger partial charge in [-0.1, -0.05) is 48.5 Å². The maximum absolute atomic E-state index is 12.3. The maximum atomic E-state index is 12.3. The Bertz CT molecular complexity index is 568. The molecule has 1 aliphatic rings. The first kappa shape index (κ1) is 11.8. The van der Waals surface area contributed by atoms with Crippen molar-refractivity contribution in [2.75, 3.05) is 18.5 Å². The van der Waals surface area contributed by atoms with Crippen LogP contribution < -0.4 is 4.90 Å². The van der Waals surface area contributed by atoms with Crippen LogP contribution in [0.5, 0.6) is 0 Å². The number of urea groups is 1. The number of carbonyl (C=O) groups excluding carboxylic acids is 1. The van der Waals surface area contributed by atoms with E-state index in [1.165, 1.54) is 5.56 Å². The van der Waals surface area contributed by atoms with Crippen LogP contribution in [0.25, 0.3) is 0 Å². The lowest BCUT2D eigenvalue weighted by Crippen LogP contribution is -2.30. The molecule has 0 bridgehead atoms. The van der Waals surface area contributed by atoms with E-state index in [-0.39, 0.29) is 12.1 Å². The standard InChI is InChI=1S/C16H16N2O/c1-17-12-15(13-8-4-2-5-9-13)18(16(17)19)14-10-6-3-7-11-14/h2-11,15H,12H2,1H3. The van der Waals surface area contributed by atoms with Crippen LogP contribution in [-0.2, 0) is 0 Å². The summed E-state index contributed by atoms with van der Waals surface area (Å²) in [4.78, 5) is 16.0. The minimum Gasteiger partial charge on any atom is -0.325 e. The molecule has 3 nitrogen and oxygen atoms in total. The molecule has 1 aliphatic heterocycles. The van der Waals surface area contributed by atoms with Crippen LogP contribution in [0, 0.1) is 0 Å². The first-order chi connectivity index (χ1) is 9.27. The number of amides is 2. The number of anilines is 1. The van der Waals surface area contributed by atoms with Crippen molar-refractivity contribution in [3.05, 3.63) is 66.2 Å². The van der Waals surface area contributed by atoms with Crippen molar-refractivity contribution in [3.8, 4) is 0 Å². The Balaban J connectivity index is 2.02. The van der Waals surface area contributed by atoms with Gasteiger partial charge in [-0.2, -0.15) is 0 Å². The Hall–Kier alpha value is -2.29. The van der Waals surface area contributed by atoms with Crippen molar-refractivity contribution in [1.82, 2.24) is 4.90 Å². The van der Waals surface area contributed by atoms with Gasteiger partial charge in [0.25, 0.3) is 0 Å². The highest BCUT2D eigenvalue weighted by molar-refractivity contribution is 5.95. The van der Waals surface area contributed by atoms with E-state index < -0.39 is 0 Å². The predicted octanol–water partition coefficient (Wildman–Crippen LogP) is 3.30. The molecule has 1 heterocycles. The van der Waals surface area contributed by atoms with Crippen molar-refractivity contribution < 1.29 is 4.79 Å². The maximum Gasteiger partial charge on any atom is 0.324 e. The molecule has 3 rings (SSSR count). The van der Waals surface area contributed by atoms with Crippen molar-refractivity contribution in [1.29, 1.82) is 0 Å². The second-order valence-corrected chi connectivity index (χ2v) is 4.80. The molecule has 0 aromatic heterocycles. The molecule has 2 amide bonds. The molecule has 0 N–H and O–H groups in total. The number of likely N-dealkylation sites (N-methyl/N-ethyl adjacent to an activating group) is 1. The van der Waals surface area contributed by atoms with Crippen LogP contribution in [0.15, 0.2) is 60.7 Å². The van der Waals surface area contributed by atoms with Crippen LogP contribution in [0.1, 0.15) is 11.6 Å². The van der Waals surface area contributed by atoms with Gasteiger partial charge < -0.3 is 4.90 Å². The Labute approximate surface area is 113 Å². The Morgan fingerprint density at radius 1 is 0.947 bits per heavy atom. The largest absolute Gasteiger partial charge is 0.325 e. The van der Waals surface area contributed by atoms with Gasteiger partial charge in [0.1, 0.15) is 0 Å². The SMILES string of the molecule is CN1CC(c2ccccc2)N(c2ccccc2)C1=O. The first-order valence-electron chi connectivity index (χ1n) is 6.41. The summed E-state index contributed by atoms with van der Waals surface area (Å²) in [6, 6.07) is 20.2. The Morgan fingerprint density at radius 3 is 2.16 bits per heavy atom. The molecule has 1 saturated heterocycles. The second-order valence-electron chi connectivity index (χ2n) is 4.80. The third-order valence-corrected chi connectivity index (χ3v) is 3.51. The number of hydrogen-bond acceptors (Lipinski definition) is 1. The van der Waals surface area contributed by atoms with E-state index in [1.807, 2.05) is 60.5 Å². The third-order valence-electron chi connectivity index (χ3n) is 3.51. The summed E-state index contributed by atoms with van der Waals surface area (Å²) in [6.07, 6.45) is 0. The van der Waals surface area contributed by atoms with Crippen molar-refractivity contribution in [3.63, 3.8) is 0 Å². The van der Waals surface area contributed by atoms with Gasteiger partial charge in [-0.05, 0) is 17.7 Å². The molecule has 0 spiro atoms. The minimum absolute atomic E-state index is 0.0556. The van der Waals surface area contributed by atoms with Gasteiger partial charge in [-0.25, -0.2) is 4.79 Å². The Kier molecular flexibility index (Phi) is 2.95. The zero-order valence-corrected chi connectivity index (χ0v) is 10.9. The fourth-order valence-corrected chi connectivity index (χ4v) is 2.55. The smallest absolute Gasteiger partial charge is 0.324 e. The molecule has 0 saturated carbocycles. The topological polar surface area (TPSA) is 23.6 Å². The molecule has 1 fully saturated rings. The summed E-state index contributed by atoms with van der Waals surface area (Å²) >= 11 is 0. The highest BCUT2D eigenvalue weighted by Gasteiger charge is 2.36. The molecule has 19 heavy (non-hydrogen) atoms. The van der Waals surface area contributed by atoms with Gasteiger partial charge in [-0.3, -0.25) is 4.90 Å². The molecule has 0 aliphatic carbocycles. The van der Waals surface area contributed by atoms with Gasteiger partial charge in [0.2, 0.25) is 0 Å². The Morgan fingerprint density at radius 2 is 1.53 bits per heavy atom. The molecular weight excluding hydrogens is 236 g/mol. The van der Waals surface area contributed by atoms with E-state index in [9.17, 15) is 4.79 Å². The van der Waals surface area contributed by atoms with Crippen molar-refractivity contribution in [2.45, 2.75) is 6.04 Å². The van der Waals surface area contributed by atoms with Crippen LogP contribution in [-0.4, -0.2) is 24.5 Å². The quantitative estimate of drug-likeness (QED) is 0.804. The number of para-hydroxylation sites is 1. The molecular formula is C16H16N2O. The third kappa shape index (κ3) is 2.08. The summed E-state index contributed by atoms with van der Waals surface area (Å²) in [6.45, 7) is 0.720. The molecule has 1 atom stereocenters. The summed E-state index contributed by atoms with van der Waals surface area (Å²) in [5, 5.41) is 0. The fraction of sp³-hybridized carbons (Fsp3) is 0.188. The predicted molar refractivity (Wildman–Crippen MR) is 76.1 cm³/mol. The molecule has 1 unspecified atom stereocenters. The minimum atomic E-state index is 0.0556. The van der Waals surface area contributed by atoms with Crippen molar-refractivity contribution >= 4 is 11.7 Å². The number of benzene rings is 2. The monoisotopic (exact) mass is 252 g/mol. The summed E-state index contributed by atoms with van der Waals surface area (Å²) in [5.74, 6) is 0. The van der Waals surface area contributed by atoms with Gasteiger partial charge in [0.15, 0.2) is 0 Å². The average molecular weight is 252 g/mol. The zero-order chi connectivity index (χ0) is 13.2. The normalized spacial score (nSPS) is 19.0. The van der Waals surface area contributed by atoms with E-state index in [2.05, 4.69) is 12.1 Å². The van der Waals surface area contributed by atoms with E-state index in [4.69, 9.17) is 0 Å². The number of nitrogens with zero attached hydrogens (tertiary/aromatic N) is 2. The van der Waals surface area contributed by atoms with Gasteiger partial charge in [0, 0.05) is 19.3 Å². The first-order valence-corrected chi connectivity index (χ1v) is 6.41. The summed E-state index contributed by atoms with van der Waals surface area (Å²) < 4.78 is 0. The fourth-order valence-electron chi connectivity index (χ4n) is 2.55. The van der Waals surface area contributed by atoms with Gasteiger partial charge in [-0.15, -0.1) is 0 Å². The molecule has 96 valence electrons. The van der Waals surface area contributed by atoms with E-state index >= 15 is 0 Å². The summed E-state index contributed by atoms with van der Waals surface area (Å²) in [5.41, 5.74) is 2.12. The lowest BCUT2D eigenvalue weighted by atomic mass is 10.1. The number of carbonyl (C=O) groups is 1. The summed E-state index contributed by atoms with van der Waals surface area (Å²) in [7, 11) is 1.85. The molecule has 3 heteroatoms. The average Bonchev–Trinajstić information content (AvgIpc) is 2.77. The zero-order valence-electron chi connectivity index (χ0n) is 10.9. The van der Waals surface area contributed by atoms with Crippen LogP contribution in [0.3, 0.4) is 0 Å². The van der Waals surface area contributed by atoms with Crippen molar-refractivity contribution in [2.24, 2.45) is 0 Å². The van der Waals surface area contributed by atoms with E-state index in [0.29, 0.717) is 0 Å². The molecule has 2 aromatic rings. The number of hydrogen-bond donors (Lipinski definition) is 0. The highest BCUT2D eigenvalue weighted by atomic mass is 16.2. The highest BCUT2D eigenvalue weighted by Crippen LogP contribution is 2.33. The van der Waals surface area contributed by atoms with Crippen LogP contribution in [0.2, 0.25) is 0 Å². The second kappa shape index (κ2) is 4.76. The molecule has 0 radical (unpaired) electrons. The lowest BCUT2D eigenvalue weighted by Gasteiger charge is -2.23. The van der Waals surface area contributed by atoms with E-state index in [0.717, 1.165) is 12.2 Å². The van der Waals surface area contributed by atoms with Gasteiger partial charge >= 0.3 is 6.03 Å². The van der Waals surface area contributed by atoms with Gasteiger partial charge in [0.05, 0.1) is 6.04 Å². The number of rotatable bonds is 2. The van der Waals surface area contributed by atoms with Crippen LogP contribution in [0.4, 0.5) is 10.5 Å². The van der Waals surface area contributed by atoms with E-state index in [1.54, 1.807) is 4.90 Å². The molecule has 2 aromatic carbocycles.